The van der Waals surface area contributed by atoms with Gasteiger partial charge in [-0.2, -0.15) is 0 Å². The molecule has 0 spiro atoms. The molecule has 4 rings (SSSR count). The summed E-state index contributed by atoms with van der Waals surface area (Å²) in [7, 11) is 0. The van der Waals surface area contributed by atoms with Gasteiger partial charge in [0.05, 0.1) is 12.6 Å². The summed E-state index contributed by atoms with van der Waals surface area (Å²) >= 11 is 0. The van der Waals surface area contributed by atoms with Crippen LogP contribution >= 0.6 is 0 Å². The number of carbonyl (C=O) groups is 1. The van der Waals surface area contributed by atoms with E-state index in [0.29, 0.717) is 13.0 Å². The summed E-state index contributed by atoms with van der Waals surface area (Å²) in [4.78, 5) is 13.1. The fourth-order valence-corrected chi connectivity index (χ4v) is 3.21. The maximum absolute atomic E-state index is 13.1. The van der Waals surface area contributed by atoms with Crippen molar-refractivity contribution in [1.82, 2.24) is 25.5 Å². The molecule has 2 atom stereocenters. The number of aromatic nitrogens is 4. The van der Waals surface area contributed by atoms with Gasteiger partial charge in [-0.15, -0.1) is 5.10 Å². The molecule has 0 fully saturated rings. The molecule has 0 unspecified atom stereocenters. The topological polar surface area (TPSA) is 81.9 Å². The second-order valence-electron chi connectivity index (χ2n) is 6.23. The number of hydrogen-bond acceptors (Lipinski definition) is 5. The smallest absolute Gasteiger partial charge is 0.245 e. The quantitative estimate of drug-likeness (QED) is 0.763. The number of benzene rings is 2. The molecule has 1 aliphatic rings. The van der Waals surface area contributed by atoms with Gasteiger partial charge in [-0.25, -0.2) is 4.68 Å². The molecule has 1 N–H and O–H groups in total. The molecule has 0 aliphatic carbocycles. The lowest BCUT2D eigenvalue weighted by Gasteiger charge is -2.28. The Morgan fingerprint density at radius 3 is 2.81 bits per heavy atom. The number of carbonyl (C=O) groups excluding carboxylic acids is 1. The minimum absolute atomic E-state index is 0.0813. The molecule has 1 amide bonds. The number of ether oxygens (including phenoxy) is 1. The van der Waals surface area contributed by atoms with Crippen molar-refractivity contribution in [2.45, 2.75) is 24.9 Å². The highest BCUT2D eigenvalue weighted by Crippen LogP contribution is 2.32. The highest BCUT2D eigenvalue weighted by atomic mass is 16.5. The molecule has 0 saturated carbocycles. The SMILES string of the molecule is O=C(N[C@@H]1CCOc2ccccc21)[C@H](Cc1ccccc1)n1cnnn1. The molecule has 1 aromatic heterocycles. The zero-order valence-corrected chi connectivity index (χ0v) is 14.2. The first-order valence-electron chi connectivity index (χ1n) is 8.60. The van der Waals surface area contributed by atoms with E-state index in [1.807, 2.05) is 54.6 Å². The average molecular weight is 349 g/mol. The number of hydrogen-bond donors (Lipinski definition) is 1. The second kappa shape index (κ2) is 7.35. The van der Waals surface area contributed by atoms with Crippen molar-refractivity contribution in [1.29, 1.82) is 0 Å². The Morgan fingerprint density at radius 2 is 2.00 bits per heavy atom. The van der Waals surface area contributed by atoms with Gasteiger partial charge in [-0.3, -0.25) is 4.79 Å². The number of tetrazole rings is 1. The van der Waals surface area contributed by atoms with E-state index < -0.39 is 6.04 Å². The van der Waals surface area contributed by atoms with Crippen LogP contribution in [0.1, 0.15) is 29.6 Å². The van der Waals surface area contributed by atoms with Crippen molar-refractivity contribution in [3.63, 3.8) is 0 Å². The Kier molecular flexibility index (Phi) is 4.59. The van der Waals surface area contributed by atoms with Gasteiger partial charge >= 0.3 is 0 Å². The number of nitrogens with zero attached hydrogens (tertiary/aromatic N) is 4. The highest BCUT2D eigenvalue weighted by Gasteiger charge is 2.28. The van der Waals surface area contributed by atoms with Crippen molar-refractivity contribution in [3.8, 4) is 5.75 Å². The molecule has 3 aromatic rings. The van der Waals surface area contributed by atoms with E-state index >= 15 is 0 Å². The van der Waals surface area contributed by atoms with E-state index in [1.165, 1.54) is 11.0 Å². The van der Waals surface area contributed by atoms with Crippen LogP contribution in [0.15, 0.2) is 60.9 Å². The predicted molar refractivity (Wildman–Crippen MR) is 94.4 cm³/mol. The van der Waals surface area contributed by atoms with Crippen LogP contribution in [0.2, 0.25) is 0 Å². The van der Waals surface area contributed by atoms with Gasteiger partial charge in [0.15, 0.2) is 0 Å². The normalized spacial score (nSPS) is 17.0. The van der Waals surface area contributed by atoms with Gasteiger partial charge < -0.3 is 10.1 Å². The van der Waals surface area contributed by atoms with E-state index in [9.17, 15) is 4.79 Å². The Labute approximate surface area is 151 Å². The summed E-state index contributed by atoms with van der Waals surface area (Å²) in [5.41, 5.74) is 2.05. The molecule has 132 valence electrons. The molecule has 7 heteroatoms. The van der Waals surface area contributed by atoms with Crippen LogP contribution in [0, 0.1) is 0 Å². The number of amides is 1. The van der Waals surface area contributed by atoms with Crippen molar-refractivity contribution in [2.75, 3.05) is 6.61 Å². The van der Waals surface area contributed by atoms with Gasteiger partial charge in [-0.05, 0) is 22.1 Å². The Balaban J connectivity index is 1.56. The van der Waals surface area contributed by atoms with Crippen LogP contribution in [0.3, 0.4) is 0 Å². The lowest BCUT2D eigenvalue weighted by atomic mass is 9.99. The van der Waals surface area contributed by atoms with Gasteiger partial charge in [-0.1, -0.05) is 48.5 Å². The van der Waals surface area contributed by atoms with E-state index in [0.717, 1.165) is 23.3 Å². The summed E-state index contributed by atoms with van der Waals surface area (Å²) in [6.45, 7) is 0.580. The van der Waals surface area contributed by atoms with E-state index in [2.05, 4.69) is 20.8 Å². The highest BCUT2D eigenvalue weighted by molar-refractivity contribution is 5.81. The summed E-state index contributed by atoms with van der Waals surface area (Å²) < 4.78 is 7.18. The van der Waals surface area contributed by atoms with Crippen LogP contribution in [0.4, 0.5) is 0 Å². The molecule has 0 radical (unpaired) electrons. The minimum Gasteiger partial charge on any atom is -0.493 e. The Bertz CT molecular complexity index is 867. The van der Waals surface area contributed by atoms with Crippen molar-refractivity contribution in [2.24, 2.45) is 0 Å². The van der Waals surface area contributed by atoms with Crippen LogP contribution in [-0.4, -0.2) is 32.7 Å². The lowest BCUT2D eigenvalue weighted by Crippen LogP contribution is -2.38. The molecular weight excluding hydrogens is 330 g/mol. The lowest BCUT2D eigenvalue weighted by molar-refractivity contribution is -0.125. The molecule has 0 saturated heterocycles. The third kappa shape index (κ3) is 3.42. The zero-order chi connectivity index (χ0) is 17.8. The van der Waals surface area contributed by atoms with Crippen molar-refractivity contribution < 1.29 is 9.53 Å². The molecule has 2 aromatic carbocycles. The molecule has 0 bridgehead atoms. The van der Waals surface area contributed by atoms with E-state index in [4.69, 9.17) is 4.74 Å². The monoisotopic (exact) mass is 349 g/mol. The zero-order valence-electron chi connectivity index (χ0n) is 14.2. The molecule has 26 heavy (non-hydrogen) atoms. The van der Waals surface area contributed by atoms with Gasteiger partial charge in [0, 0.05) is 18.4 Å². The maximum atomic E-state index is 13.1. The standard InChI is InChI=1S/C19H19N5O2/c25-19(21-16-10-11-26-18-9-5-4-8-15(16)18)17(24-13-20-22-23-24)12-14-6-2-1-3-7-14/h1-9,13,16-17H,10-12H2,(H,21,25)/t16-,17+/m1/s1. The van der Waals surface area contributed by atoms with Crippen molar-refractivity contribution in [3.05, 3.63) is 72.1 Å². The van der Waals surface area contributed by atoms with Crippen LogP contribution in [0.5, 0.6) is 5.75 Å². The molecule has 1 aliphatic heterocycles. The van der Waals surface area contributed by atoms with Crippen LogP contribution in [0.25, 0.3) is 0 Å². The summed E-state index contributed by atoms with van der Waals surface area (Å²) in [6, 6.07) is 17.1. The largest absolute Gasteiger partial charge is 0.493 e. The first kappa shape index (κ1) is 16.3. The average Bonchev–Trinajstić information content (AvgIpc) is 3.21. The third-order valence-corrected chi connectivity index (χ3v) is 4.53. The summed E-state index contributed by atoms with van der Waals surface area (Å²) in [6.07, 6.45) is 2.73. The molecule has 2 heterocycles. The minimum atomic E-state index is -0.512. The van der Waals surface area contributed by atoms with Gasteiger partial charge in [0.1, 0.15) is 18.1 Å². The fraction of sp³-hybridized carbons (Fsp3) is 0.263. The van der Waals surface area contributed by atoms with Crippen molar-refractivity contribution >= 4 is 5.91 Å². The summed E-state index contributed by atoms with van der Waals surface area (Å²) in [5.74, 6) is 0.717. The predicted octanol–water partition coefficient (Wildman–Crippen LogP) is 2.10. The van der Waals surface area contributed by atoms with E-state index in [1.54, 1.807) is 0 Å². The van der Waals surface area contributed by atoms with Crippen LogP contribution in [-0.2, 0) is 11.2 Å². The molecule has 7 nitrogen and oxygen atoms in total. The summed E-state index contributed by atoms with van der Waals surface area (Å²) in [5, 5.41) is 14.5. The number of para-hydroxylation sites is 1. The first-order valence-corrected chi connectivity index (χ1v) is 8.60. The number of nitrogens with one attached hydrogen (secondary N) is 1. The van der Waals surface area contributed by atoms with Crippen LogP contribution < -0.4 is 10.1 Å². The van der Waals surface area contributed by atoms with Gasteiger partial charge in [0.25, 0.3) is 0 Å². The fourth-order valence-electron chi connectivity index (χ4n) is 3.21. The first-order chi connectivity index (χ1) is 12.8. The van der Waals surface area contributed by atoms with Gasteiger partial charge in [0.2, 0.25) is 5.91 Å². The Morgan fingerprint density at radius 1 is 1.19 bits per heavy atom. The third-order valence-electron chi connectivity index (χ3n) is 4.53. The second-order valence-corrected chi connectivity index (χ2v) is 6.23. The number of rotatable bonds is 5. The molecular formula is C19H19N5O2. The number of fused-ring (bicyclic) bond motifs is 1. The maximum Gasteiger partial charge on any atom is 0.245 e. The van der Waals surface area contributed by atoms with E-state index in [-0.39, 0.29) is 11.9 Å². The Hall–Kier alpha value is -3.22.